The molecule has 3 unspecified atom stereocenters. The summed E-state index contributed by atoms with van der Waals surface area (Å²) in [6.45, 7) is 8.65. The lowest BCUT2D eigenvalue weighted by Gasteiger charge is -2.28. The first-order valence-electron chi connectivity index (χ1n) is 13.2. The van der Waals surface area contributed by atoms with Gasteiger partial charge in [0, 0.05) is 31.7 Å². The Morgan fingerprint density at radius 2 is 1.69 bits per heavy atom. The fraction of sp³-hybridized carbons (Fsp3) is 0.367. The van der Waals surface area contributed by atoms with Crippen LogP contribution in [0.4, 0.5) is 13.2 Å². The van der Waals surface area contributed by atoms with E-state index in [1.54, 1.807) is 10.7 Å². The second-order valence-electron chi connectivity index (χ2n) is 10.5. The molecule has 204 valence electrons. The second-order valence-corrected chi connectivity index (χ2v) is 10.5. The Morgan fingerprint density at radius 3 is 2.41 bits per heavy atom. The van der Waals surface area contributed by atoms with Gasteiger partial charge in [-0.1, -0.05) is 66.7 Å². The van der Waals surface area contributed by atoms with Crippen molar-refractivity contribution in [1.29, 1.82) is 0 Å². The summed E-state index contributed by atoms with van der Waals surface area (Å²) < 4.78 is 42.8. The molecule has 0 spiro atoms. The zero-order valence-corrected chi connectivity index (χ0v) is 22.4. The van der Waals surface area contributed by atoms with Crippen LogP contribution in [0.5, 0.6) is 0 Å². The van der Waals surface area contributed by atoms with E-state index < -0.39 is 17.7 Å². The van der Waals surface area contributed by atoms with Gasteiger partial charge in [-0.3, -0.25) is 4.90 Å². The third kappa shape index (κ3) is 6.04. The summed E-state index contributed by atoms with van der Waals surface area (Å²) in [5.41, 5.74) is 3.92. The number of nitrogens with one attached hydrogen (secondary N) is 1. The molecule has 0 amide bonds. The molecule has 1 aromatic heterocycles. The summed E-state index contributed by atoms with van der Waals surface area (Å²) >= 11 is 0. The summed E-state index contributed by atoms with van der Waals surface area (Å²) in [6, 6.07) is 21.8. The molecule has 1 saturated heterocycles. The maximum absolute atomic E-state index is 13.7. The van der Waals surface area contributed by atoms with Crippen molar-refractivity contribution in [1.82, 2.24) is 30.4 Å². The predicted octanol–water partition coefficient (Wildman–Crippen LogP) is 5.68. The first kappa shape index (κ1) is 27.0. The van der Waals surface area contributed by atoms with Crippen LogP contribution in [-0.2, 0) is 12.7 Å². The predicted molar refractivity (Wildman–Crippen MR) is 145 cm³/mol. The molecule has 9 heteroatoms. The number of hydrogen-bond donors (Lipinski definition) is 1. The molecule has 4 aromatic rings. The minimum Gasteiger partial charge on any atom is -0.309 e. The van der Waals surface area contributed by atoms with Crippen LogP contribution in [0.3, 0.4) is 0 Å². The molecule has 1 aliphatic heterocycles. The normalized spacial score (nSPS) is 17.8. The lowest BCUT2D eigenvalue weighted by atomic mass is 9.89. The van der Waals surface area contributed by atoms with Gasteiger partial charge in [-0.05, 0) is 65.9 Å². The SMILES string of the molecule is Cc1cccc(C)c1-n1nnnc1C(c1cccc(C(F)(F)F)c1)C(C)NC1CCN(Cc2ccccc2)C1. The number of aryl methyl sites for hydroxylation is 2. The summed E-state index contributed by atoms with van der Waals surface area (Å²) in [5.74, 6) is -0.00431. The van der Waals surface area contributed by atoms with Crippen LogP contribution in [0.25, 0.3) is 5.69 Å². The van der Waals surface area contributed by atoms with Crippen molar-refractivity contribution in [3.63, 3.8) is 0 Å². The van der Waals surface area contributed by atoms with E-state index in [1.807, 2.05) is 57.2 Å². The van der Waals surface area contributed by atoms with E-state index in [4.69, 9.17) is 0 Å². The van der Waals surface area contributed by atoms with Gasteiger partial charge in [-0.15, -0.1) is 5.10 Å². The van der Waals surface area contributed by atoms with Gasteiger partial charge in [0.2, 0.25) is 0 Å². The van der Waals surface area contributed by atoms with E-state index in [1.165, 1.54) is 17.7 Å². The van der Waals surface area contributed by atoms with Gasteiger partial charge in [0.05, 0.1) is 17.2 Å². The molecule has 5 rings (SSSR count). The molecule has 3 aromatic carbocycles. The highest BCUT2D eigenvalue weighted by Gasteiger charge is 2.35. The van der Waals surface area contributed by atoms with Crippen LogP contribution in [0, 0.1) is 13.8 Å². The van der Waals surface area contributed by atoms with Crippen LogP contribution in [0.1, 0.15) is 52.9 Å². The van der Waals surface area contributed by atoms with Gasteiger partial charge in [-0.25, -0.2) is 0 Å². The van der Waals surface area contributed by atoms with Gasteiger partial charge >= 0.3 is 6.18 Å². The van der Waals surface area contributed by atoms with Gasteiger partial charge in [0.1, 0.15) is 0 Å². The van der Waals surface area contributed by atoms with Gasteiger partial charge in [-0.2, -0.15) is 17.9 Å². The van der Waals surface area contributed by atoms with Crippen molar-refractivity contribution < 1.29 is 13.2 Å². The molecule has 1 N–H and O–H groups in total. The third-order valence-corrected chi connectivity index (χ3v) is 7.52. The molecule has 1 aliphatic rings. The monoisotopic (exact) mass is 534 g/mol. The van der Waals surface area contributed by atoms with Crippen LogP contribution in [-0.4, -0.2) is 50.3 Å². The Bertz CT molecular complexity index is 1380. The summed E-state index contributed by atoms with van der Waals surface area (Å²) in [7, 11) is 0. The highest BCUT2D eigenvalue weighted by atomic mass is 19.4. The summed E-state index contributed by atoms with van der Waals surface area (Å²) in [6.07, 6.45) is -3.49. The van der Waals surface area contributed by atoms with Crippen LogP contribution in [0.15, 0.2) is 72.8 Å². The maximum Gasteiger partial charge on any atom is 0.416 e. The number of likely N-dealkylation sites (tertiary alicyclic amines) is 1. The molecule has 6 nitrogen and oxygen atoms in total. The molecule has 39 heavy (non-hydrogen) atoms. The zero-order chi connectivity index (χ0) is 27.6. The largest absolute Gasteiger partial charge is 0.416 e. The van der Waals surface area contributed by atoms with Crippen molar-refractivity contribution in [3.8, 4) is 5.69 Å². The van der Waals surface area contributed by atoms with E-state index in [-0.39, 0.29) is 12.1 Å². The minimum absolute atomic E-state index is 0.196. The second kappa shape index (κ2) is 11.3. The van der Waals surface area contributed by atoms with E-state index >= 15 is 0 Å². The van der Waals surface area contributed by atoms with E-state index in [2.05, 4.69) is 37.9 Å². The number of rotatable bonds is 8. The third-order valence-electron chi connectivity index (χ3n) is 7.52. The number of benzene rings is 3. The lowest BCUT2D eigenvalue weighted by Crippen LogP contribution is -2.42. The van der Waals surface area contributed by atoms with Crippen molar-refractivity contribution in [3.05, 3.63) is 106 Å². The average molecular weight is 535 g/mol. The Hall–Kier alpha value is -3.56. The Labute approximate surface area is 226 Å². The van der Waals surface area contributed by atoms with E-state index in [0.717, 1.165) is 48.9 Å². The van der Waals surface area contributed by atoms with Crippen LogP contribution >= 0.6 is 0 Å². The van der Waals surface area contributed by atoms with E-state index in [9.17, 15) is 13.2 Å². The smallest absolute Gasteiger partial charge is 0.309 e. The molecular weight excluding hydrogens is 501 g/mol. The fourth-order valence-corrected chi connectivity index (χ4v) is 5.68. The molecule has 3 atom stereocenters. The molecule has 1 fully saturated rings. The first-order valence-corrected chi connectivity index (χ1v) is 13.2. The zero-order valence-electron chi connectivity index (χ0n) is 22.4. The van der Waals surface area contributed by atoms with Crippen LogP contribution < -0.4 is 5.32 Å². The molecule has 0 radical (unpaired) electrons. The molecule has 0 bridgehead atoms. The number of halogens is 3. The Morgan fingerprint density at radius 1 is 0.974 bits per heavy atom. The molecule has 0 saturated carbocycles. The Kier molecular flexibility index (Phi) is 7.81. The first-order chi connectivity index (χ1) is 18.7. The number of alkyl halides is 3. The lowest BCUT2D eigenvalue weighted by molar-refractivity contribution is -0.137. The quantitative estimate of drug-likeness (QED) is 0.315. The number of aromatic nitrogens is 4. The highest BCUT2D eigenvalue weighted by Crippen LogP contribution is 2.35. The number of hydrogen-bond acceptors (Lipinski definition) is 5. The molecule has 2 heterocycles. The number of nitrogens with zero attached hydrogens (tertiary/aromatic N) is 5. The van der Waals surface area contributed by atoms with E-state index in [0.29, 0.717) is 11.4 Å². The summed E-state index contributed by atoms with van der Waals surface area (Å²) in [4.78, 5) is 2.40. The van der Waals surface area contributed by atoms with Gasteiger partial charge in [0.25, 0.3) is 0 Å². The molecule has 0 aliphatic carbocycles. The van der Waals surface area contributed by atoms with Gasteiger partial charge < -0.3 is 5.32 Å². The van der Waals surface area contributed by atoms with Crippen molar-refractivity contribution in [2.45, 2.75) is 57.9 Å². The highest BCUT2D eigenvalue weighted by molar-refractivity contribution is 5.47. The fourth-order valence-electron chi connectivity index (χ4n) is 5.68. The van der Waals surface area contributed by atoms with Crippen molar-refractivity contribution in [2.75, 3.05) is 13.1 Å². The van der Waals surface area contributed by atoms with Crippen molar-refractivity contribution >= 4 is 0 Å². The maximum atomic E-state index is 13.7. The average Bonchev–Trinajstić information content (AvgIpc) is 3.54. The Balaban J connectivity index is 1.46. The van der Waals surface area contributed by atoms with Crippen LogP contribution in [0.2, 0.25) is 0 Å². The van der Waals surface area contributed by atoms with Crippen molar-refractivity contribution in [2.24, 2.45) is 0 Å². The standard InChI is InChI=1S/C30H33F3N6/c1-20-9-7-10-21(2)28(20)39-29(35-36-37-39)27(24-13-8-14-25(17-24)30(31,32)33)22(3)34-26-15-16-38(19-26)18-23-11-5-4-6-12-23/h4-14,17,22,26-27,34H,15-16,18-19H2,1-3H3. The topological polar surface area (TPSA) is 58.9 Å². The number of tetrazole rings is 1. The van der Waals surface area contributed by atoms with Gasteiger partial charge in [0.15, 0.2) is 5.82 Å². The minimum atomic E-state index is -4.45. The summed E-state index contributed by atoms with van der Waals surface area (Å²) in [5, 5.41) is 16.4. The number of para-hydroxylation sites is 1. The molecular formula is C30H33F3N6.